The van der Waals surface area contributed by atoms with Crippen LogP contribution >= 0.6 is 27.3 Å². The molecule has 7 heteroatoms. The van der Waals surface area contributed by atoms with Gasteiger partial charge in [0.05, 0.1) is 18.0 Å². The van der Waals surface area contributed by atoms with Crippen molar-refractivity contribution in [1.82, 2.24) is 4.90 Å². The molecular formula is C16H14BrNO4S. The van der Waals surface area contributed by atoms with E-state index in [0.29, 0.717) is 24.6 Å². The van der Waals surface area contributed by atoms with Gasteiger partial charge in [-0.2, -0.15) is 0 Å². The Kier molecular flexibility index (Phi) is 4.79. The molecule has 3 rings (SSSR count). The highest BCUT2D eigenvalue weighted by molar-refractivity contribution is 9.10. The second kappa shape index (κ2) is 6.82. The van der Waals surface area contributed by atoms with Crippen LogP contribution in [0, 0.1) is 0 Å². The Morgan fingerprint density at radius 1 is 1.17 bits per heavy atom. The SMILES string of the molecule is O=C(O)c1ccc(C(=O)N2CCOC(c3ccc(Br)cc3)C2)s1. The number of halogens is 1. The standard InChI is InChI=1S/C16H14BrNO4S/c17-11-3-1-10(2-4-11)12-9-18(7-8-22-12)15(19)13-5-6-14(23-13)16(20)21/h1-6,12H,7-9H2,(H,20,21). The van der Waals surface area contributed by atoms with E-state index in [9.17, 15) is 9.59 Å². The molecule has 1 aliphatic rings. The average molecular weight is 396 g/mol. The first kappa shape index (κ1) is 16.2. The van der Waals surface area contributed by atoms with E-state index >= 15 is 0 Å². The van der Waals surface area contributed by atoms with Crippen molar-refractivity contribution >= 4 is 39.1 Å². The van der Waals surface area contributed by atoms with Crippen molar-refractivity contribution in [3.8, 4) is 0 Å². The van der Waals surface area contributed by atoms with Crippen LogP contribution in [0.5, 0.6) is 0 Å². The lowest BCUT2D eigenvalue weighted by atomic mass is 10.1. The first-order valence-electron chi connectivity index (χ1n) is 7.04. The van der Waals surface area contributed by atoms with Crippen molar-refractivity contribution in [1.29, 1.82) is 0 Å². The Bertz CT molecular complexity index is 728. The second-order valence-corrected chi connectivity index (χ2v) is 7.13. The van der Waals surface area contributed by atoms with Gasteiger partial charge in [0.15, 0.2) is 0 Å². The minimum atomic E-state index is -1.01. The molecule has 1 saturated heterocycles. The number of carbonyl (C=O) groups is 2. The molecular weight excluding hydrogens is 382 g/mol. The van der Waals surface area contributed by atoms with Crippen molar-refractivity contribution in [3.05, 3.63) is 56.2 Å². The maximum atomic E-state index is 12.5. The highest BCUT2D eigenvalue weighted by Crippen LogP contribution is 2.26. The Morgan fingerprint density at radius 2 is 1.87 bits per heavy atom. The molecule has 2 aromatic rings. The zero-order valence-corrected chi connectivity index (χ0v) is 14.5. The third-order valence-electron chi connectivity index (χ3n) is 3.62. The van der Waals surface area contributed by atoms with Crippen molar-refractivity contribution in [3.63, 3.8) is 0 Å². The van der Waals surface area contributed by atoms with E-state index in [0.717, 1.165) is 21.4 Å². The summed E-state index contributed by atoms with van der Waals surface area (Å²) in [5, 5.41) is 8.97. The number of carboxylic acids is 1. The highest BCUT2D eigenvalue weighted by Gasteiger charge is 2.27. The van der Waals surface area contributed by atoms with Gasteiger partial charge in [-0.15, -0.1) is 11.3 Å². The lowest BCUT2D eigenvalue weighted by Crippen LogP contribution is -2.42. The Labute approximate surface area is 145 Å². The predicted molar refractivity (Wildman–Crippen MR) is 90.0 cm³/mol. The molecule has 0 spiro atoms. The summed E-state index contributed by atoms with van der Waals surface area (Å²) < 4.78 is 6.75. The maximum absolute atomic E-state index is 12.5. The molecule has 0 radical (unpaired) electrons. The van der Waals surface area contributed by atoms with Crippen LogP contribution in [0.4, 0.5) is 0 Å². The average Bonchev–Trinajstić information content (AvgIpc) is 3.05. The molecule has 1 unspecified atom stereocenters. The molecule has 1 amide bonds. The van der Waals surface area contributed by atoms with E-state index in [-0.39, 0.29) is 16.9 Å². The Hall–Kier alpha value is -1.70. The smallest absolute Gasteiger partial charge is 0.345 e. The molecule has 5 nitrogen and oxygen atoms in total. The first-order valence-corrected chi connectivity index (χ1v) is 8.65. The first-order chi connectivity index (χ1) is 11.0. The van der Waals surface area contributed by atoms with Gasteiger partial charge >= 0.3 is 5.97 Å². The van der Waals surface area contributed by atoms with Gasteiger partial charge in [-0.3, -0.25) is 4.79 Å². The van der Waals surface area contributed by atoms with Crippen molar-refractivity contribution < 1.29 is 19.4 Å². The van der Waals surface area contributed by atoms with Gasteiger partial charge in [-0.1, -0.05) is 28.1 Å². The van der Waals surface area contributed by atoms with E-state index in [2.05, 4.69) is 15.9 Å². The van der Waals surface area contributed by atoms with E-state index in [1.807, 2.05) is 24.3 Å². The number of amides is 1. The van der Waals surface area contributed by atoms with Crippen LogP contribution < -0.4 is 0 Å². The fourth-order valence-electron chi connectivity index (χ4n) is 2.44. The third-order valence-corrected chi connectivity index (χ3v) is 5.21. The summed E-state index contributed by atoms with van der Waals surface area (Å²) in [7, 11) is 0. The zero-order valence-electron chi connectivity index (χ0n) is 12.1. The molecule has 0 bridgehead atoms. The molecule has 1 aromatic heterocycles. The minimum Gasteiger partial charge on any atom is -0.477 e. The predicted octanol–water partition coefficient (Wildman–Crippen LogP) is 3.42. The summed E-state index contributed by atoms with van der Waals surface area (Å²) in [6, 6.07) is 10.9. The molecule has 1 aliphatic heterocycles. The highest BCUT2D eigenvalue weighted by atomic mass is 79.9. The summed E-state index contributed by atoms with van der Waals surface area (Å²) in [5.41, 5.74) is 1.02. The largest absolute Gasteiger partial charge is 0.477 e. The topological polar surface area (TPSA) is 66.8 Å². The molecule has 2 heterocycles. The Balaban J connectivity index is 1.73. The van der Waals surface area contributed by atoms with Crippen LogP contribution in [0.15, 0.2) is 40.9 Å². The van der Waals surface area contributed by atoms with E-state index in [4.69, 9.17) is 9.84 Å². The number of benzene rings is 1. The second-order valence-electron chi connectivity index (χ2n) is 5.13. The van der Waals surface area contributed by atoms with Gasteiger partial charge in [0, 0.05) is 11.0 Å². The van der Waals surface area contributed by atoms with Crippen molar-refractivity contribution in [2.75, 3.05) is 19.7 Å². The van der Waals surface area contributed by atoms with Crippen LogP contribution in [0.25, 0.3) is 0 Å². The summed E-state index contributed by atoms with van der Waals surface area (Å²) in [6.07, 6.45) is -0.167. The number of morpholine rings is 1. The van der Waals surface area contributed by atoms with Crippen LogP contribution in [0.1, 0.15) is 31.0 Å². The van der Waals surface area contributed by atoms with Crippen LogP contribution in [-0.4, -0.2) is 41.6 Å². The normalized spacial score (nSPS) is 18.0. The summed E-state index contributed by atoms with van der Waals surface area (Å²) in [4.78, 5) is 25.8. The van der Waals surface area contributed by atoms with Gasteiger partial charge in [-0.05, 0) is 29.8 Å². The molecule has 1 atom stereocenters. The number of hydrogen-bond donors (Lipinski definition) is 1. The molecule has 0 aliphatic carbocycles. The van der Waals surface area contributed by atoms with Crippen LogP contribution in [0.3, 0.4) is 0 Å². The molecule has 1 N–H and O–H groups in total. The molecule has 1 fully saturated rings. The number of ether oxygens (including phenoxy) is 1. The number of rotatable bonds is 3. The number of thiophene rings is 1. The summed E-state index contributed by atoms with van der Waals surface area (Å²) in [5.74, 6) is -1.16. The van der Waals surface area contributed by atoms with Crippen molar-refractivity contribution in [2.45, 2.75) is 6.10 Å². The monoisotopic (exact) mass is 395 g/mol. The van der Waals surface area contributed by atoms with Crippen LogP contribution in [-0.2, 0) is 4.74 Å². The van der Waals surface area contributed by atoms with E-state index in [1.165, 1.54) is 6.07 Å². The maximum Gasteiger partial charge on any atom is 0.345 e. The molecule has 23 heavy (non-hydrogen) atoms. The third kappa shape index (κ3) is 3.63. The number of nitrogens with zero attached hydrogens (tertiary/aromatic N) is 1. The number of aromatic carboxylic acids is 1. The number of carbonyl (C=O) groups excluding carboxylic acids is 1. The van der Waals surface area contributed by atoms with Crippen molar-refractivity contribution in [2.24, 2.45) is 0 Å². The van der Waals surface area contributed by atoms with Gasteiger partial charge in [0.1, 0.15) is 11.0 Å². The van der Waals surface area contributed by atoms with Crippen LogP contribution in [0.2, 0.25) is 0 Å². The summed E-state index contributed by atoms with van der Waals surface area (Å²) in [6.45, 7) is 1.43. The minimum absolute atomic E-state index is 0.145. The zero-order chi connectivity index (χ0) is 16.4. The summed E-state index contributed by atoms with van der Waals surface area (Å²) >= 11 is 4.40. The molecule has 1 aromatic carbocycles. The fourth-order valence-corrected chi connectivity index (χ4v) is 3.51. The molecule has 120 valence electrons. The van der Waals surface area contributed by atoms with Gasteiger partial charge < -0.3 is 14.7 Å². The van der Waals surface area contributed by atoms with Gasteiger partial charge in [0.25, 0.3) is 5.91 Å². The number of carboxylic acid groups (broad SMARTS) is 1. The van der Waals surface area contributed by atoms with E-state index < -0.39 is 5.97 Å². The molecule has 0 saturated carbocycles. The lowest BCUT2D eigenvalue weighted by molar-refractivity contribution is -0.0226. The lowest BCUT2D eigenvalue weighted by Gasteiger charge is -2.33. The van der Waals surface area contributed by atoms with Gasteiger partial charge in [0.2, 0.25) is 0 Å². The fraction of sp³-hybridized carbons (Fsp3) is 0.250. The number of hydrogen-bond acceptors (Lipinski definition) is 4. The Morgan fingerprint density at radius 3 is 2.52 bits per heavy atom. The van der Waals surface area contributed by atoms with Gasteiger partial charge in [-0.25, -0.2) is 4.79 Å². The quantitative estimate of drug-likeness (QED) is 0.864. The van der Waals surface area contributed by atoms with E-state index in [1.54, 1.807) is 11.0 Å².